The molecule has 0 aliphatic heterocycles. The Labute approximate surface area is 132 Å². The van der Waals surface area contributed by atoms with Crippen LogP contribution in [-0.2, 0) is 0 Å². The molecular formula is C16H18F2N2OS. The van der Waals surface area contributed by atoms with Crippen molar-refractivity contribution in [3.63, 3.8) is 0 Å². The van der Waals surface area contributed by atoms with E-state index < -0.39 is 17.6 Å². The first kappa shape index (κ1) is 16.7. The predicted molar refractivity (Wildman–Crippen MR) is 84.4 cm³/mol. The normalized spacial score (nSPS) is 12.4. The smallest absolute Gasteiger partial charge is 0.251 e. The van der Waals surface area contributed by atoms with Gasteiger partial charge in [0.05, 0.1) is 5.69 Å². The molecule has 0 bridgehead atoms. The van der Waals surface area contributed by atoms with Crippen molar-refractivity contribution in [2.75, 3.05) is 5.75 Å². The molecule has 0 spiro atoms. The number of benzene rings is 1. The van der Waals surface area contributed by atoms with Gasteiger partial charge >= 0.3 is 0 Å². The van der Waals surface area contributed by atoms with Crippen LogP contribution in [0.25, 0.3) is 0 Å². The number of aromatic amines is 1. The summed E-state index contributed by atoms with van der Waals surface area (Å²) < 4.78 is 27.8. The Balaban J connectivity index is 2.33. The van der Waals surface area contributed by atoms with Crippen LogP contribution in [-0.4, -0.2) is 15.7 Å². The van der Waals surface area contributed by atoms with E-state index in [1.54, 1.807) is 6.92 Å². The van der Waals surface area contributed by atoms with Gasteiger partial charge in [0, 0.05) is 23.3 Å². The first-order valence-corrected chi connectivity index (χ1v) is 8.19. The molecule has 0 radical (unpaired) electrons. The van der Waals surface area contributed by atoms with Crippen LogP contribution in [0.2, 0.25) is 0 Å². The Morgan fingerprint density at radius 3 is 2.64 bits per heavy atom. The summed E-state index contributed by atoms with van der Waals surface area (Å²) in [6.07, 6.45) is 2.06. The van der Waals surface area contributed by atoms with Crippen LogP contribution < -0.4 is 5.56 Å². The van der Waals surface area contributed by atoms with Crippen LogP contribution in [0, 0.1) is 11.6 Å². The number of halogens is 2. The van der Waals surface area contributed by atoms with Gasteiger partial charge in [-0.05, 0) is 18.6 Å². The molecule has 118 valence electrons. The highest BCUT2D eigenvalue weighted by Gasteiger charge is 2.19. The van der Waals surface area contributed by atoms with Crippen LogP contribution in [0.3, 0.4) is 0 Å². The Bertz CT molecular complexity index is 683. The zero-order chi connectivity index (χ0) is 16.1. The minimum absolute atomic E-state index is 0.0647. The van der Waals surface area contributed by atoms with E-state index in [0.29, 0.717) is 10.9 Å². The highest BCUT2D eigenvalue weighted by Crippen LogP contribution is 2.27. The zero-order valence-corrected chi connectivity index (χ0v) is 13.3. The van der Waals surface area contributed by atoms with Crippen molar-refractivity contribution < 1.29 is 8.78 Å². The van der Waals surface area contributed by atoms with Crippen molar-refractivity contribution in [2.45, 2.75) is 37.8 Å². The molecule has 0 fully saturated rings. The van der Waals surface area contributed by atoms with E-state index in [9.17, 15) is 13.6 Å². The summed E-state index contributed by atoms with van der Waals surface area (Å²) in [6.45, 7) is 3.72. The predicted octanol–water partition coefficient (Wildman–Crippen LogP) is 4.09. The van der Waals surface area contributed by atoms with Crippen molar-refractivity contribution >= 4 is 11.8 Å². The summed E-state index contributed by atoms with van der Waals surface area (Å²) in [5, 5.41) is 0.486. The minimum atomic E-state index is -0.631. The summed E-state index contributed by atoms with van der Waals surface area (Å²) in [6, 6.07) is 5.02. The fourth-order valence-electron chi connectivity index (χ4n) is 2.13. The van der Waals surface area contributed by atoms with Gasteiger partial charge in [-0.3, -0.25) is 4.79 Å². The van der Waals surface area contributed by atoms with E-state index in [0.717, 1.165) is 18.6 Å². The van der Waals surface area contributed by atoms with Gasteiger partial charge in [0.15, 0.2) is 5.16 Å². The number of thioether (sulfide) groups is 1. The Hall–Kier alpha value is -1.69. The summed E-state index contributed by atoms with van der Waals surface area (Å²) in [5.41, 5.74) is -0.00977. The van der Waals surface area contributed by atoms with Gasteiger partial charge in [0.2, 0.25) is 0 Å². The van der Waals surface area contributed by atoms with Crippen molar-refractivity contribution in [1.82, 2.24) is 9.97 Å². The second-order valence-corrected chi connectivity index (χ2v) is 6.12. The van der Waals surface area contributed by atoms with Gasteiger partial charge in [-0.15, -0.1) is 0 Å². The lowest BCUT2D eigenvalue weighted by Crippen LogP contribution is -2.14. The van der Waals surface area contributed by atoms with Crippen LogP contribution in [0.5, 0.6) is 0 Å². The number of unbranched alkanes of at least 4 members (excludes halogenated alkanes) is 1. The molecule has 1 aromatic carbocycles. The number of rotatable bonds is 6. The maximum absolute atomic E-state index is 13.9. The second kappa shape index (κ2) is 7.54. The number of hydrogen-bond acceptors (Lipinski definition) is 3. The molecule has 0 aliphatic carbocycles. The zero-order valence-electron chi connectivity index (χ0n) is 12.5. The Kier molecular flexibility index (Phi) is 5.71. The van der Waals surface area contributed by atoms with Crippen LogP contribution >= 0.6 is 11.8 Å². The van der Waals surface area contributed by atoms with Crippen LogP contribution in [0.15, 0.2) is 34.2 Å². The molecule has 3 nitrogen and oxygen atoms in total. The van der Waals surface area contributed by atoms with Crippen molar-refractivity contribution in [3.05, 3.63) is 57.5 Å². The average molecular weight is 324 g/mol. The standard InChI is InChI=1S/C16H18F2N2OS/c1-3-4-8-22-16-19-13(9-14(21)20-16)10(2)15-11(17)6-5-7-12(15)18/h5-7,9-10H,3-4,8H2,1-2H3,(H,19,20,21)/t10-/m0/s1. The largest absolute Gasteiger partial charge is 0.301 e. The van der Waals surface area contributed by atoms with Crippen LogP contribution in [0.1, 0.15) is 43.9 Å². The summed E-state index contributed by atoms with van der Waals surface area (Å²) >= 11 is 1.44. The molecule has 1 N–H and O–H groups in total. The van der Waals surface area contributed by atoms with Gasteiger partial charge in [-0.25, -0.2) is 13.8 Å². The fraction of sp³-hybridized carbons (Fsp3) is 0.375. The van der Waals surface area contributed by atoms with Crippen molar-refractivity contribution in [1.29, 1.82) is 0 Å². The van der Waals surface area contributed by atoms with Gasteiger partial charge in [-0.2, -0.15) is 0 Å². The summed E-state index contributed by atoms with van der Waals surface area (Å²) in [7, 11) is 0. The average Bonchev–Trinajstić information content (AvgIpc) is 2.46. The minimum Gasteiger partial charge on any atom is -0.301 e. The number of nitrogens with one attached hydrogen (secondary N) is 1. The molecule has 0 saturated heterocycles. The van der Waals surface area contributed by atoms with E-state index >= 15 is 0 Å². The van der Waals surface area contributed by atoms with Gasteiger partial charge in [0.25, 0.3) is 5.56 Å². The fourth-order valence-corrected chi connectivity index (χ4v) is 3.10. The number of hydrogen-bond donors (Lipinski definition) is 1. The number of H-pyrrole nitrogens is 1. The third-order valence-corrected chi connectivity index (χ3v) is 4.31. The van der Waals surface area contributed by atoms with E-state index in [2.05, 4.69) is 16.9 Å². The molecule has 0 saturated carbocycles. The molecule has 1 atom stereocenters. The maximum atomic E-state index is 13.9. The topological polar surface area (TPSA) is 45.8 Å². The third kappa shape index (κ3) is 3.94. The molecule has 0 aliphatic rings. The second-order valence-electron chi connectivity index (χ2n) is 5.03. The van der Waals surface area contributed by atoms with Gasteiger partial charge in [-0.1, -0.05) is 38.1 Å². The molecule has 0 unspecified atom stereocenters. The number of nitrogens with zero attached hydrogens (tertiary/aromatic N) is 1. The Morgan fingerprint density at radius 1 is 1.32 bits per heavy atom. The molecular weight excluding hydrogens is 306 g/mol. The highest BCUT2D eigenvalue weighted by molar-refractivity contribution is 7.99. The monoisotopic (exact) mass is 324 g/mol. The first-order chi connectivity index (χ1) is 10.5. The van der Waals surface area contributed by atoms with E-state index in [1.807, 2.05) is 0 Å². The maximum Gasteiger partial charge on any atom is 0.251 e. The lowest BCUT2D eigenvalue weighted by atomic mass is 9.96. The van der Waals surface area contributed by atoms with Crippen molar-refractivity contribution in [2.24, 2.45) is 0 Å². The molecule has 1 heterocycles. The van der Waals surface area contributed by atoms with E-state index in [-0.39, 0.29) is 11.1 Å². The highest BCUT2D eigenvalue weighted by atomic mass is 32.2. The van der Waals surface area contributed by atoms with Gasteiger partial charge < -0.3 is 4.98 Å². The first-order valence-electron chi connectivity index (χ1n) is 7.21. The van der Waals surface area contributed by atoms with Crippen LogP contribution in [0.4, 0.5) is 8.78 Å². The van der Waals surface area contributed by atoms with Gasteiger partial charge in [0.1, 0.15) is 11.6 Å². The lowest BCUT2D eigenvalue weighted by molar-refractivity contribution is 0.543. The lowest BCUT2D eigenvalue weighted by Gasteiger charge is -2.14. The molecule has 2 rings (SSSR count). The molecule has 2 aromatic rings. The molecule has 22 heavy (non-hydrogen) atoms. The quantitative estimate of drug-likeness (QED) is 0.494. The molecule has 6 heteroatoms. The van der Waals surface area contributed by atoms with Crippen molar-refractivity contribution in [3.8, 4) is 0 Å². The van der Waals surface area contributed by atoms with E-state index in [4.69, 9.17) is 0 Å². The van der Waals surface area contributed by atoms with E-state index in [1.165, 1.54) is 36.0 Å². The molecule has 0 amide bonds. The summed E-state index contributed by atoms with van der Waals surface area (Å²) in [4.78, 5) is 18.7. The Morgan fingerprint density at radius 2 is 2.00 bits per heavy atom. The number of aromatic nitrogens is 2. The molecule has 1 aromatic heterocycles. The third-order valence-electron chi connectivity index (χ3n) is 3.35. The SMILES string of the molecule is CCCCSc1nc([C@H](C)c2c(F)cccc2F)cc(=O)[nH]1. The summed E-state index contributed by atoms with van der Waals surface area (Å²) in [5.74, 6) is -1.05.